The van der Waals surface area contributed by atoms with Crippen molar-refractivity contribution in [1.29, 1.82) is 0 Å². The molecule has 0 spiro atoms. The second-order valence-corrected chi connectivity index (χ2v) is 5.43. The van der Waals surface area contributed by atoms with Crippen LogP contribution in [0.25, 0.3) is 0 Å². The van der Waals surface area contributed by atoms with Crippen molar-refractivity contribution in [2.45, 2.75) is 39.7 Å². The first-order chi connectivity index (χ1) is 8.35. The van der Waals surface area contributed by atoms with Gasteiger partial charge >= 0.3 is 5.97 Å². The topological polar surface area (TPSA) is 46.5 Å². The summed E-state index contributed by atoms with van der Waals surface area (Å²) in [5, 5.41) is 9.09. The van der Waals surface area contributed by atoms with Crippen molar-refractivity contribution in [2.24, 2.45) is 5.41 Å². The Bertz CT molecular complexity index is 393. The third kappa shape index (κ3) is 4.15. The number of ether oxygens (including phenoxy) is 1. The highest BCUT2D eigenvalue weighted by Crippen LogP contribution is 2.22. The van der Waals surface area contributed by atoms with Gasteiger partial charge in [-0.1, -0.05) is 24.3 Å². The van der Waals surface area contributed by atoms with Crippen LogP contribution in [0.5, 0.6) is 0 Å². The van der Waals surface area contributed by atoms with Crippen LogP contribution in [-0.2, 0) is 22.4 Å². The van der Waals surface area contributed by atoms with Crippen LogP contribution in [0.15, 0.2) is 24.3 Å². The van der Waals surface area contributed by atoms with Crippen molar-refractivity contribution in [3.8, 4) is 0 Å². The fourth-order valence-electron chi connectivity index (χ4n) is 1.79. The number of carboxylic acids is 1. The summed E-state index contributed by atoms with van der Waals surface area (Å²) in [6.07, 6.45) is 1.62. The monoisotopic (exact) mass is 250 g/mol. The zero-order valence-corrected chi connectivity index (χ0v) is 11.6. The number of carbonyl (C=O) groups is 1. The third-order valence-electron chi connectivity index (χ3n) is 3.17. The highest BCUT2D eigenvalue weighted by molar-refractivity contribution is 5.74. The van der Waals surface area contributed by atoms with Gasteiger partial charge < -0.3 is 9.84 Å². The van der Waals surface area contributed by atoms with E-state index in [4.69, 9.17) is 9.84 Å². The first kappa shape index (κ1) is 14.7. The predicted molar refractivity (Wildman–Crippen MR) is 71.7 cm³/mol. The van der Waals surface area contributed by atoms with E-state index in [2.05, 4.69) is 0 Å². The molecule has 1 unspecified atom stereocenters. The number of methoxy groups -OCH3 is 1. The van der Waals surface area contributed by atoms with Crippen molar-refractivity contribution >= 4 is 5.97 Å². The molecule has 0 heterocycles. The lowest BCUT2D eigenvalue weighted by atomic mass is 9.85. The van der Waals surface area contributed by atoms with E-state index < -0.39 is 11.4 Å². The largest absolute Gasteiger partial charge is 0.481 e. The molecule has 0 saturated carbocycles. The number of hydrogen-bond donors (Lipinski definition) is 1. The minimum Gasteiger partial charge on any atom is -0.481 e. The standard InChI is InChI=1S/C15H22O3/c1-11(18-4)9-12-5-7-13(8-6-12)10-15(2,3)14(16)17/h5-8,11H,9-10H2,1-4H3,(H,16,17). The summed E-state index contributed by atoms with van der Waals surface area (Å²) in [5.41, 5.74) is 1.54. The predicted octanol–water partition coefficient (Wildman–Crippen LogP) is 2.92. The number of benzene rings is 1. The third-order valence-corrected chi connectivity index (χ3v) is 3.17. The van der Waals surface area contributed by atoms with E-state index in [1.54, 1.807) is 21.0 Å². The normalized spacial score (nSPS) is 13.3. The van der Waals surface area contributed by atoms with Gasteiger partial charge in [-0.05, 0) is 44.7 Å². The molecule has 1 rings (SSSR count). The van der Waals surface area contributed by atoms with Gasteiger partial charge in [0.1, 0.15) is 0 Å². The van der Waals surface area contributed by atoms with Crippen LogP contribution < -0.4 is 0 Å². The van der Waals surface area contributed by atoms with E-state index in [0.29, 0.717) is 6.42 Å². The van der Waals surface area contributed by atoms with Crippen LogP contribution in [0, 0.1) is 5.41 Å². The minimum absolute atomic E-state index is 0.200. The maximum absolute atomic E-state index is 11.1. The van der Waals surface area contributed by atoms with Crippen LogP contribution >= 0.6 is 0 Å². The molecular formula is C15H22O3. The van der Waals surface area contributed by atoms with Gasteiger partial charge in [-0.15, -0.1) is 0 Å². The van der Waals surface area contributed by atoms with Gasteiger partial charge in [0, 0.05) is 7.11 Å². The molecule has 0 amide bonds. The Morgan fingerprint density at radius 2 is 1.78 bits per heavy atom. The lowest BCUT2D eigenvalue weighted by Gasteiger charge is -2.19. The first-order valence-corrected chi connectivity index (χ1v) is 6.19. The van der Waals surface area contributed by atoms with Crippen molar-refractivity contribution in [1.82, 2.24) is 0 Å². The van der Waals surface area contributed by atoms with Gasteiger partial charge in [0.25, 0.3) is 0 Å². The summed E-state index contributed by atoms with van der Waals surface area (Å²) in [7, 11) is 1.70. The Morgan fingerprint density at radius 3 is 2.22 bits per heavy atom. The summed E-state index contributed by atoms with van der Waals surface area (Å²) in [6.45, 7) is 5.52. The van der Waals surface area contributed by atoms with Gasteiger partial charge in [-0.25, -0.2) is 0 Å². The van der Waals surface area contributed by atoms with Crippen LogP contribution in [0.3, 0.4) is 0 Å². The molecule has 0 fully saturated rings. The highest BCUT2D eigenvalue weighted by Gasteiger charge is 2.27. The molecule has 3 heteroatoms. The second-order valence-electron chi connectivity index (χ2n) is 5.43. The molecule has 1 aromatic carbocycles. The zero-order chi connectivity index (χ0) is 13.8. The van der Waals surface area contributed by atoms with Crippen molar-refractivity contribution in [3.05, 3.63) is 35.4 Å². The Balaban J connectivity index is 2.69. The maximum atomic E-state index is 11.1. The van der Waals surface area contributed by atoms with Crippen LogP contribution in [-0.4, -0.2) is 24.3 Å². The highest BCUT2D eigenvalue weighted by atomic mass is 16.5. The van der Waals surface area contributed by atoms with Crippen molar-refractivity contribution < 1.29 is 14.6 Å². The van der Waals surface area contributed by atoms with E-state index in [0.717, 1.165) is 12.0 Å². The molecule has 0 aliphatic heterocycles. The average molecular weight is 250 g/mol. The first-order valence-electron chi connectivity index (χ1n) is 6.19. The molecule has 18 heavy (non-hydrogen) atoms. The molecule has 0 saturated heterocycles. The summed E-state index contributed by atoms with van der Waals surface area (Å²) < 4.78 is 5.22. The van der Waals surface area contributed by atoms with Crippen molar-refractivity contribution in [2.75, 3.05) is 7.11 Å². The van der Waals surface area contributed by atoms with Gasteiger partial charge in [0.05, 0.1) is 11.5 Å². The smallest absolute Gasteiger partial charge is 0.309 e. The molecule has 0 radical (unpaired) electrons. The molecule has 1 atom stereocenters. The Labute approximate surface area is 109 Å². The second kappa shape index (κ2) is 6.01. The summed E-state index contributed by atoms with van der Waals surface area (Å²) in [5.74, 6) is -0.764. The number of rotatable bonds is 6. The molecule has 3 nitrogen and oxygen atoms in total. The minimum atomic E-state index is -0.764. The van der Waals surface area contributed by atoms with Gasteiger partial charge in [0.15, 0.2) is 0 Å². The molecular weight excluding hydrogens is 228 g/mol. The lowest BCUT2D eigenvalue weighted by Crippen LogP contribution is -2.26. The van der Waals surface area contributed by atoms with Gasteiger partial charge in [-0.3, -0.25) is 4.79 Å². The van der Waals surface area contributed by atoms with Crippen LogP contribution in [0.2, 0.25) is 0 Å². The average Bonchev–Trinajstić information content (AvgIpc) is 2.31. The molecule has 1 N–H and O–H groups in total. The van der Waals surface area contributed by atoms with E-state index >= 15 is 0 Å². The quantitative estimate of drug-likeness (QED) is 0.844. The van der Waals surface area contributed by atoms with Crippen LogP contribution in [0.1, 0.15) is 31.9 Å². The molecule has 0 bridgehead atoms. The van der Waals surface area contributed by atoms with E-state index in [1.807, 2.05) is 31.2 Å². The number of hydrogen-bond acceptors (Lipinski definition) is 2. The molecule has 0 aliphatic carbocycles. The summed E-state index contributed by atoms with van der Waals surface area (Å²) in [4.78, 5) is 11.1. The van der Waals surface area contributed by atoms with Gasteiger partial charge in [-0.2, -0.15) is 0 Å². The molecule has 0 aromatic heterocycles. The summed E-state index contributed by atoms with van der Waals surface area (Å²) >= 11 is 0. The van der Waals surface area contributed by atoms with E-state index in [9.17, 15) is 4.79 Å². The molecule has 0 aliphatic rings. The lowest BCUT2D eigenvalue weighted by molar-refractivity contribution is -0.146. The van der Waals surface area contributed by atoms with Crippen LogP contribution in [0.4, 0.5) is 0 Å². The van der Waals surface area contributed by atoms with Crippen molar-refractivity contribution in [3.63, 3.8) is 0 Å². The zero-order valence-electron chi connectivity index (χ0n) is 11.6. The fourth-order valence-corrected chi connectivity index (χ4v) is 1.79. The summed E-state index contributed by atoms with van der Waals surface area (Å²) in [6, 6.07) is 8.09. The Morgan fingerprint density at radius 1 is 1.28 bits per heavy atom. The van der Waals surface area contributed by atoms with Gasteiger partial charge in [0.2, 0.25) is 0 Å². The van der Waals surface area contributed by atoms with E-state index in [-0.39, 0.29) is 6.10 Å². The Hall–Kier alpha value is -1.35. The maximum Gasteiger partial charge on any atom is 0.309 e. The van der Waals surface area contributed by atoms with E-state index in [1.165, 1.54) is 5.56 Å². The molecule has 1 aromatic rings. The number of aliphatic carboxylic acids is 1. The number of carboxylic acid groups (broad SMARTS) is 1. The SMILES string of the molecule is COC(C)Cc1ccc(CC(C)(C)C(=O)O)cc1. The Kier molecular flexibility index (Phi) is 4.91. The molecule has 100 valence electrons. The fraction of sp³-hybridized carbons (Fsp3) is 0.533.